The summed E-state index contributed by atoms with van der Waals surface area (Å²) in [5.74, 6) is 0.0493. The van der Waals surface area contributed by atoms with Crippen LogP contribution in [0.4, 0.5) is 0 Å². The third-order valence-corrected chi connectivity index (χ3v) is 7.87. The second kappa shape index (κ2) is 10.9. The molecule has 0 fully saturated rings. The van der Waals surface area contributed by atoms with Gasteiger partial charge in [-0.05, 0) is 56.7 Å². The predicted octanol–water partition coefficient (Wildman–Crippen LogP) is 1.42. The van der Waals surface area contributed by atoms with Crippen molar-refractivity contribution >= 4 is 26.0 Å². The van der Waals surface area contributed by atoms with Crippen molar-refractivity contribution in [1.82, 2.24) is 14.3 Å². The van der Waals surface area contributed by atoms with Crippen molar-refractivity contribution < 1.29 is 26.4 Å². The number of nitrogens with zero attached hydrogens (tertiary/aromatic N) is 1. The normalized spacial score (nSPS) is 12.0. The zero-order valence-electron chi connectivity index (χ0n) is 18.6. The maximum atomic E-state index is 12.7. The molecular formula is C21H29N3O6S2. The predicted molar refractivity (Wildman–Crippen MR) is 122 cm³/mol. The van der Waals surface area contributed by atoms with Crippen LogP contribution in [0.3, 0.4) is 0 Å². The van der Waals surface area contributed by atoms with Gasteiger partial charge < -0.3 is 10.1 Å². The summed E-state index contributed by atoms with van der Waals surface area (Å²) in [6.45, 7) is 5.48. The number of benzene rings is 2. The van der Waals surface area contributed by atoms with Crippen molar-refractivity contribution in [2.75, 3.05) is 33.3 Å². The second-order valence-corrected chi connectivity index (χ2v) is 11.0. The molecule has 0 aromatic heterocycles. The van der Waals surface area contributed by atoms with Gasteiger partial charge in [0, 0.05) is 20.1 Å². The minimum atomic E-state index is -3.88. The third-order valence-electron chi connectivity index (χ3n) is 4.59. The molecule has 2 aromatic carbocycles. The van der Waals surface area contributed by atoms with Crippen LogP contribution in [0.2, 0.25) is 0 Å². The van der Waals surface area contributed by atoms with Crippen LogP contribution in [0, 0.1) is 13.8 Å². The zero-order valence-corrected chi connectivity index (χ0v) is 20.2. The molecule has 176 valence electrons. The van der Waals surface area contributed by atoms with Gasteiger partial charge in [-0.2, -0.15) is 4.31 Å². The van der Waals surface area contributed by atoms with Gasteiger partial charge in [0.2, 0.25) is 26.0 Å². The SMILES string of the molecule is CCOc1ccc(S(=O)(=O)N(C)CC(=O)NCCNS(=O)(=O)c2ccc(C)cc2)cc1C. The van der Waals surface area contributed by atoms with Crippen molar-refractivity contribution in [3.05, 3.63) is 53.6 Å². The maximum Gasteiger partial charge on any atom is 0.243 e. The van der Waals surface area contributed by atoms with E-state index < -0.39 is 32.5 Å². The van der Waals surface area contributed by atoms with Crippen LogP contribution in [-0.4, -0.2) is 60.3 Å². The number of rotatable bonds is 11. The Morgan fingerprint density at radius 3 is 2.19 bits per heavy atom. The number of amides is 1. The van der Waals surface area contributed by atoms with Crippen LogP contribution >= 0.6 is 0 Å². The van der Waals surface area contributed by atoms with Crippen LogP contribution in [0.25, 0.3) is 0 Å². The van der Waals surface area contributed by atoms with Gasteiger partial charge in [0.15, 0.2) is 0 Å². The molecule has 0 aliphatic heterocycles. The average molecular weight is 484 g/mol. The van der Waals surface area contributed by atoms with Crippen molar-refractivity contribution in [3.8, 4) is 5.75 Å². The highest BCUT2D eigenvalue weighted by atomic mass is 32.2. The first kappa shape index (κ1) is 25.8. The molecule has 2 aromatic rings. The van der Waals surface area contributed by atoms with Crippen molar-refractivity contribution in [2.24, 2.45) is 0 Å². The number of likely N-dealkylation sites (N-methyl/N-ethyl adjacent to an activating group) is 1. The number of carbonyl (C=O) groups excluding carboxylic acids is 1. The van der Waals surface area contributed by atoms with E-state index in [4.69, 9.17) is 4.74 Å². The summed E-state index contributed by atoms with van der Waals surface area (Å²) >= 11 is 0. The lowest BCUT2D eigenvalue weighted by atomic mass is 10.2. The lowest BCUT2D eigenvalue weighted by Gasteiger charge is -2.18. The summed E-state index contributed by atoms with van der Waals surface area (Å²) in [5, 5.41) is 2.52. The lowest BCUT2D eigenvalue weighted by Crippen LogP contribution is -2.41. The summed E-state index contributed by atoms with van der Waals surface area (Å²) in [7, 11) is -6.26. The Morgan fingerprint density at radius 1 is 0.969 bits per heavy atom. The van der Waals surface area contributed by atoms with E-state index >= 15 is 0 Å². The van der Waals surface area contributed by atoms with Crippen LogP contribution in [0.5, 0.6) is 5.75 Å². The van der Waals surface area contributed by atoms with Gasteiger partial charge in [-0.15, -0.1) is 0 Å². The third kappa shape index (κ3) is 6.76. The molecule has 2 N–H and O–H groups in total. The Balaban J connectivity index is 1.88. The van der Waals surface area contributed by atoms with Gasteiger partial charge >= 0.3 is 0 Å². The highest BCUT2D eigenvalue weighted by molar-refractivity contribution is 7.89. The Kier molecular flexibility index (Phi) is 8.79. The second-order valence-electron chi connectivity index (χ2n) is 7.18. The molecule has 0 saturated carbocycles. The van der Waals surface area contributed by atoms with Crippen molar-refractivity contribution in [2.45, 2.75) is 30.6 Å². The van der Waals surface area contributed by atoms with Gasteiger partial charge in [0.05, 0.1) is 22.9 Å². The molecule has 9 nitrogen and oxygen atoms in total. The molecule has 0 heterocycles. The number of aryl methyl sites for hydroxylation is 2. The smallest absolute Gasteiger partial charge is 0.243 e. The lowest BCUT2D eigenvalue weighted by molar-refractivity contribution is -0.121. The molecule has 1 amide bonds. The standard InChI is InChI=1S/C21H29N3O6S2/c1-5-30-20-11-10-19(14-17(20)3)32(28,29)24(4)15-21(25)22-12-13-23-31(26,27)18-8-6-16(2)7-9-18/h6-11,14,23H,5,12-13,15H2,1-4H3,(H,22,25). The summed E-state index contributed by atoms with van der Waals surface area (Å²) in [6, 6.07) is 10.9. The van der Waals surface area contributed by atoms with Crippen LogP contribution in [0.15, 0.2) is 52.3 Å². The summed E-state index contributed by atoms with van der Waals surface area (Å²) < 4.78 is 58.7. The first-order valence-corrected chi connectivity index (χ1v) is 12.9. The summed E-state index contributed by atoms with van der Waals surface area (Å²) in [5.41, 5.74) is 1.61. The van der Waals surface area contributed by atoms with Gasteiger partial charge in [-0.3, -0.25) is 4.79 Å². The number of hydrogen-bond donors (Lipinski definition) is 2. The maximum absolute atomic E-state index is 12.7. The molecule has 0 radical (unpaired) electrons. The molecule has 0 spiro atoms. The molecule has 0 bridgehead atoms. The number of sulfonamides is 2. The van der Waals surface area contributed by atoms with Gasteiger partial charge in [-0.25, -0.2) is 21.6 Å². The van der Waals surface area contributed by atoms with Crippen LogP contribution < -0.4 is 14.8 Å². The molecule has 32 heavy (non-hydrogen) atoms. The fourth-order valence-corrected chi connectivity index (χ4v) is 5.06. The first-order valence-electron chi connectivity index (χ1n) is 10.00. The molecule has 0 aliphatic carbocycles. The highest BCUT2D eigenvalue weighted by Crippen LogP contribution is 2.23. The largest absolute Gasteiger partial charge is 0.494 e. The monoisotopic (exact) mass is 483 g/mol. The van der Waals surface area contributed by atoms with Crippen LogP contribution in [0.1, 0.15) is 18.1 Å². The topological polar surface area (TPSA) is 122 Å². The summed E-state index contributed by atoms with van der Waals surface area (Å²) in [6.07, 6.45) is 0. The minimum absolute atomic E-state index is 0.0139. The number of hydrogen-bond acceptors (Lipinski definition) is 6. The van der Waals surface area contributed by atoms with E-state index in [1.807, 2.05) is 13.8 Å². The zero-order chi connectivity index (χ0) is 23.9. The highest BCUT2D eigenvalue weighted by Gasteiger charge is 2.23. The molecule has 0 atom stereocenters. The van der Waals surface area contributed by atoms with E-state index in [1.165, 1.54) is 31.3 Å². The Labute approximate surface area is 189 Å². The molecule has 0 saturated heterocycles. The van der Waals surface area contributed by atoms with E-state index in [-0.39, 0.29) is 22.9 Å². The molecular weight excluding hydrogens is 454 g/mol. The number of ether oxygens (including phenoxy) is 1. The number of carbonyl (C=O) groups is 1. The van der Waals surface area contributed by atoms with E-state index in [0.717, 1.165) is 9.87 Å². The van der Waals surface area contributed by atoms with E-state index in [2.05, 4.69) is 10.0 Å². The van der Waals surface area contributed by atoms with Crippen molar-refractivity contribution in [1.29, 1.82) is 0 Å². The quantitative estimate of drug-likeness (QED) is 0.466. The fraction of sp³-hybridized carbons (Fsp3) is 0.381. The van der Waals surface area contributed by atoms with Crippen LogP contribution in [-0.2, 0) is 24.8 Å². The van der Waals surface area contributed by atoms with E-state index in [9.17, 15) is 21.6 Å². The fourth-order valence-electron chi connectivity index (χ4n) is 2.81. The molecule has 0 aliphatic rings. The van der Waals surface area contributed by atoms with E-state index in [1.54, 1.807) is 25.1 Å². The van der Waals surface area contributed by atoms with Gasteiger partial charge in [0.1, 0.15) is 5.75 Å². The summed E-state index contributed by atoms with van der Waals surface area (Å²) in [4.78, 5) is 12.3. The Morgan fingerprint density at radius 2 is 1.59 bits per heavy atom. The average Bonchev–Trinajstić information content (AvgIpc) is 2.73. The van der Waals surface area contributed by atoms with Crippen molar-refractivity contribution in [3.63, 3.8) is 0 Å². The first-order chi connectivity index (χ1) is 15.0. The number of nitrogens with one attached hydrogen (secondary N) is 2. The Hall–Kier alpha value is -2.47. The van der Waals surface area contributed by atoms with Gasteiger partial charge in [-0.1, -0.05) is 17.7 Å². The van der Waals surface area contributed by atoms with Gasteiger partial charge in [0.25, 0.3) is 0 Å². The minimum Gasteiger partial charge on any atom is -0.494 e. The molecule has 0 unspecified atom stereocenters. The molecule has 11 heteroatoms. The molecule has 2 rings (SSSR count). The van der Waals surface area contributed by atoms with E-state index in [0.29, 0.717) is 17.9 Å². The Bertz CT molecular complexity index is 1150.